The van der Waals surface area contributed by atoms with Gasteiger partial charge in [0.1, 0.15) is 16.5 Å². The number of ether oxygens (including phenoxy) is 1. The van der Waals surface area contributed by atoms with Crippen LogP contribution in [0.2, 0.25) is 0 Å². The molecule has 0 amide bonds. The number of thiophene rings is 1. The van der Waals surface area contributed by atoms with Crippen molar-refractivity contribution in [1.29, 1.82) is 0 Å². The summed E-state index contributed by atoms with van der Waals surface area (Å²) in [5.74, 6) is 0.400. The quantitative estimate of drug-likeness (QED) is 0.454. The first-order valence-electron chi connectivity index (χ1n) is 3.59. The maximum Gasteiger partial charge on any atom is 1.00 e. The molecule has 1 unspecified atom stereocenters. The van der Waals surface area contributed by atoms with Gasteiger partial charge in [-0.1, -0.05) is 0 Å². The number of fused-ring (bicyclic) bond motifs is 1. The Morgan fingerprint density at radius 3 is 2.87 bits per heavy atom. The fourth-order valence-corrected chi connectivity index (χ4v) is 2.75. The fourth-order valence-electron chi connectivity index (χ4n) is 1.07. The zero-order chi connectivity index (χ0) is 10.1. The summed E-state index contributed by atoms with van der Waals surface area (Å²) in [4.78, 5) is 7.96. The van der Waals surface area contributed by atoms with Crippen LogP contribution in [0.5, 0.6) is 5.88 Å². The molecule has 15 heavy (non-hydrogen) atoms. The molecule has 0 bridgehead atoms. The molecule has 0 saturated heterocycles. The molecule has 1 atom stereocenters. The Labute approximate surface area is 114 Å². The van der Waals surface area contributed by atoms with Gasteiger partial charge in [-0.25, -0.2) is 9.97 Å². The minimum absolute atomic E-state index is 0. The molecule has 2 heterocycles. The maximum absolute atomic E-state index is 10.8. The number of rotatable bonds is 2. The van der Waals surface area contributed by atoms with Crippen molar-refractivity contribution in [3.8, 4) is 5.88 Å². The molecular weight excluding hydrogens is 247 g/mol. The van der Waals surface area contributed by atoms with Crippen molar-refractivity contribution < 1.29 is 43.1 Å². The van der Waals surface area contributed by atoms with Crippen molar-refractivity contribution in [1.82, 2.24) is 9.97 Å². The predicted octanol–water partition coefficient (Wildman–Crippen LogP) is -2.06. The van der Waals surface area contributed by atoms with Crippen LogP contribution >= 0.6 is 11.3 Å². The van der Waals surface area contributed by atoms with Crippen molar-refractivity contribution in [2.45, 2.75) is 4.90 Å². The van der Waals surface area contributed by atoms with Gasteiger partial charge in [-0.15, -0.1) is 11.3 Å². The van der Waals surface area contributed by atoms with E-state index in [9.17, 15) is 8.76 Å². The maximum atomic E-state index is 10.8. The first-order valence-corrected chi connectivity index (χ1v) is 5.55. The van der Waals surface area contributed by atoms with Gasteiger partial charge < -0.3 is 9.29 Å². The summed E-state index contributed by atoms with van der Waals surface area (Å²) >= 11 is -1.02. The molecule has 0 aliphatic rings. The van der Waals surface area contributed by atoms with Gasteiger partial charge in [0.05, 0.1) is 12.0 Å². The normalized spacial score (nSPS) is 12.1. The summed E-state index contributed by atoms with van der Waals surface area (Å²) in [5, 5.41) is 1.52. The van der Waals surface area contributed by atoms with Crippen LogP contribution in [-0.2, 0) is 11.1 Å². The van der Waals surface area contributed by atoms with Crippen molar-refractivity contribution >= 4 is 32.6 Å². The number of aromatic nitrogens is 2. The Kier molecular flexibility index (Phi) is 4.63. The molecule has 74 valence electrons. The molecule has 5 nitrogen and oxygen atoms in total. The van der Waals surface area contributed by atoms with Crippen LogP contribution in [-0.4, -0.2) is 25.8 Å². The Balaban J connectivity index is 0.00000112. The van der Waals surface area contributed by atoms with E-state index in [4.69, 9.17) is 4.74 Å². The van der Waals surface area contributed by atoms with E-state index in [1.54, 1.807) is 0 Å². The smallest absolute Gasteiger partial charge is 0.768 e. The Morgan fingerprint density at radius 1 is 1.53 bits per heavy atom. The summed E-state index contributed by atoms with van der Waals surface area (Å²) in [7, 11) is 1.48. The first kappa shape index (κ1) is 13.0. The second-order valence-electron chi connectivity index (χ2n) is 2.40. The summed E-state index contributed by atoms with van der Waals surface area (Å²) in [6.45, 7) is 0. The standard InChI is InChI=1S/C7H6N2O3S2.Na/c1-12-7-6-5(8-3-9-7)4(2-13-6)14(10)11;/h2-3H,1H3,(H,10,11);/q;+1/p-1. The average Bonchev–Trinajstić information content (AvgIpc) is 2.60. The van der Waals surface area contributed by atoms with Gasteiger partial charge in [-0.3, -0.25) is 4.21 Å². The molecule has 8 heteroatoms. The number of hydrogen-bond acceptors (Lipinski definition) is 6. The van der Waals surface area contributed by atoms with Gasteiger partial charge >= 0.3 is 29.6 Å². The monoisotopic (exact) mass is 252 g/mol. The molecule has 0 N–H and O–H groups in total. The average molecular weight is 252 g/mol. The van der Waals surface area contributed by atoms with Crippen LogP contribution in [0.1, 0.15) is 0 Å². The molecule has 0 aliphatic heterocycles. The zero-order valence-corrected chi connectivity index (χ0v) is 11.7. The van der Waals surface area contributed by atoms with E-state index in [1.165, 1.54) is 30.2 Å². The van der Waals surface area contributed by atoms with Crippen molar-refractivity contribution in [2.24, 2.45) is 0 Å². The molecule has 0 radical (unpaired) electrons. The Bertz CT molecular complexity index is 502. The van der Waals surface area contributed by atoms with Gasteiger partial charge in [0.25, 0.3) is 0 Å². The van der Waals surface area contributed by atoms with Crippen molar-refractivity contribution in [2.75, 3.05) is 7.11 Å². The van der Waals surface area contributed by atoms with E-state index in [0.717, 1.165) is 0 Å². The van der Waals surface area contributed by atoms with Gasteiger partial charge in [-0.2, -0.15) is 0 Å². The minimum atomic E-state index is -2.27. The van der Waals surface area contributed by atoms with Gasteiger partial charge in [-0.05, 0) is 11.1 Å². The summed E-state index contributed by atoms with van der Waals surface area (Å²) in [5.41, 5.74) is 0.412. The summed E-state index contributed by atoms with van der Waals surface area (Å²) < 4.78 is 27.2. The minimum Gasteiger partial charge on any atom is -0.768 e. The largest absolute Gasteiger partial charge is 1.00 e. The second-order valence-corrected chi connectivity index (χ2v) is 4.18. The Hall–Kier alpha value is -0.0500. The van der Waals surface area contributed by atoms with Crippen LogP contribution in [0, 0.1) is 0 Å². The van der Waals surface area contributed by atoms with Crippen LogP contribution in [0.4, 0.5) is 0 Å². The van der Waals surface area contributed by atoms with Crippen LogP contribution in [0.25, 0.3) is 10.2 Å². The number of nitrogens with zero attached hydrogens (tertiary/aromatic N) is 2. The van der Waals surface area contributed by atoms with Crippen LogP contribution in [0.3, 0.4) is 0 Å². The summed E-state index contributed by atoms with van der Waals surface area (Å²) in [6.07, 6.45) is 1.28. The van der Waals surface area contributed by atoms with Gasteiger partial charge in [0.2, 0.25) is 5.88 Å². The SMILES string of the molecule is COc1ncnc2c(S(=O)[O-])csc12.[Na+]. The van der Waals surface area contributed by atoms with Crippen LogP contribution in [0.15, 0.2) is 16.6 Å². The molecule has 2 aromatic heterocycles. The molecule has 0 fully saturated rings. The van der Waals surface area contributed by atoms with Crippen LogP contribution < -0.4 is 34.3 Å². The fraction of sp³-hybridized carbons (Fsp3) is 0.143. The second kappa shape index (κ2) is 5.33. The third-order valence-corrected chi connectivity index (χ3v) is 3.44. The van der Waals surface area contributed by atoms with E-state index in [-0.39, 0.29) is 34.5 Å². The molecule has 0 aliphatic carbocycles. The van der Waals surface area contributed by atoms with Gasteiger partial charge in [0.15, 0.2) is 0 Å². The molecule has 2 aromatic rings. The van der Waals surface area contributed by atoms with E-state index < -0.39 is 11.1 Å². The predicted molar refractivity (Wildman–Crippen MR) is 51.2 cm³/mol. The van der Waals surface area contributed by atoms with E-state index in [2.05, 4.69) is 9.97 Å². The third-order valence-electron chi connectivity index (χ3n) is 1.66. The van der Waals surface area contributed by atoms with E-state index in [0.29, 0.717) is 16.1 Å². The van der Waals surface area contributed by atoms with E-state index in [1.807, 2.05) is 0 Å². The van der Waals surface area contributed by atoms with Crippen molar-refractivity contribution in [3.05, 3.63) is 11.7 Å². The number of hydrogen-bond donors (Lipinski definition) is 0. The molecule has 2 rings (SSSR count). The van der Waals surface area contributed by atoms with E-state index >= 15 is 0 Å². The third kappa shape index (κ3) is 2.38. The van der Waals surface area contributed by atoms with Gasteiger partial charge in [0, 0.05) is 5.38 Å². The topological polar surface area (TPSA) is 75.1 Å². The molecule has 0 spiro atoms. The molecule has 0 aromatic carbocycles. The molecular formula is C7H5N2NaO3S2. The van der Waals surface area contributed by atoms with Crippen molar-refractivity contribution in [3.63, 3.8) is 0 Å². The molecule has 0 saturated carbocycles. The first-order chi connectivity index (χ1) is 6.74. The number of methoxy groups -OCH3 is 1. The Morgan fingerprint density at radius 2 is 2.27 bits per heavy atom. The zero-order valence-electron chi connectivity index (χ0n) is 8.09. The summed E-state index contributed by atoms with van der Waals surface area (Å²) in [6, 6.07) is 0.